The molecular weight excluding hydrogens is 712 g/mol. The van der Waals surface area contributed by atoms with Gasteiger partial charge in [-0.2, -0.15) is 0 Å². The highest BCUT2D eigenvalue weighted by Crippen LogP contribution is 2.56. The highest BCUT2D eigenvalue weighted by Gasteiger charge is 2.45. The second-order valence-electron chi connectivity index (χ2n) is 11.8. The topological polar surface area (TPSA) is 58.2 Å². The molecule has 1 aliphatic carbocycles. The Labute approximate surface area is 291 Å². The first-order chi connectivity index (χ1) is 22.8. The monoisotopic (exact) mass is 740 g/mol. The van der Waals surface area contributed by atoms with Crippen molar-refractivity contribution in [3.05, 3.63) is 187 Å². The molecule has 0 unspecified atom stereocenters. The maximum absolute atomic E-state index is 13.1. The van der Waals surface area contributed by atoms with Crippen LogP contribution in [-0.4, -0.2) is 11.8 Å². The third kappa shape index (κ3) is 5.52. The van der Waals surface area contributed by atoms with Crippen LogP contribution in [0.3, 0.4) is 0 Å². The molecule has 2 amide bonds. The quantitative estimate of drug-likeness (QED) is 0.178. The molecule has 0 radical (unpaired) electrons. The second kappa shape index (κ2) is 12.4. The number of halogens is 2. The van der Waals surface area contributed by atoms with E-state index in [1.54, 1.807) is 0 Å². The molecule has 4 nitrogen and oxygen atoms in total. The lowest BCUT2D eigenvalue weighted by Crippen LogP contribution is -2.28. The van der Waals surface area contributed by atoms with Crippen LogP contribution in [-0.2, 0) is 5.41 Å². The minimum Gasteiger partial charge on any atom is -0.322 e. The van der Waals surface area contributed by atoms with Gasteiger partial charge >= 0.3 is 0 Å². The molecule has 0 saturated heterocycles. The number of hydrogen-bond donors (Lipinski definition) is 2. The summed E-state index contributed by atoms with van der Waals surface area (Å²) in [6, 6.07) is 44.6. The summed E-state index contributed by atoms with van der Waals surface area (Å²) in [7, 11) is 0. The van der Waals surface area contributed by atoms with Crippen molar-refractivity contribution >= 4 is 55.0 Å². The number of fused-ring (bicyclic) bond motifs is 3. The standard InChI is InChI=1S/C41H30Br2N2O2/c1-25-11-13-27(23-37(25)42)39(46)44-31-19-15-29(16-20-31)41(35-9-5-3-7-33(35)34-8-4-6-10-36(34)41)30-17-21-32(22-18-30)45-40(47)28-14-12-26(2)38(43)24-28/h3-24H,1-2H3,(H,44,46)(H,45,47). The Morgan fingerprint density at radius 1 is 0.511 bits per heavy atom. The third-order valence-electron chi connectivity index (χ3n) is 8.97. The van der Waals surface area contributed by atoms with Crippen LogP contribution in [0.25, 0.3) is 11.1 Å². The Kier molecular flexibility index (Phi) is 8.16. The molecule has 0 aliphatic heterocycles. The first kappa shape index (κ1) is 30.9. The van der Waals surface area contributed by atoms with E-state index < -0.39 is 5.41 Å². The van der Waals surface area contributed by atoms with Gasteiger partial charge in [0.15, 0.2) is 0 Å². The molecule has 1 aliphatic rings. The number of carbonyl (C=O) groups is 2. The van der Waals surface area contributed by atoms with Crippen LogP contribution in [0.4, 0.5) is 11.4 Å². The molecule has 0 spiro atoms. The molecule has 6 aromatic rings. The summed E-state index contributed by atoms with van der Waals surface area (Å²) >= 11 is 7.06. The predicted molar refractivity (Wildman–Crippen MR) is 197 cm³/mol. The summed E-state index contributed by atoms with van der Waals surface area (Å²) in [6.45, 7) is 3.99. The normalized spacial score (nSPS) is 12.6. The lowest BCUT2D eigenvalue weighted by atomic mass is 9.67. The lowest BCUT2D eigenvalue weighted by Gasteiger charge is -2.34. The molecule has 230 valence electrons. The van der Waals surface area contributed by atoms with Crippen LogP contribution in [0.5, 0.6) is 0 Å². The highest BCUT2D eigenvalue weighted by molar-refractivity contribution is 9.10. The predicted octanol–water partition coefficient (Wildman–Crippen LogP) is 10.7. The molecule has 7 rings (SSSR count). The van der Waals surface area contributed by atoms with Crippen LogP contribution in [0.15, 0.2) is 142 Å². The van der Waals surface area contributed by atoms with Gasteiger partial charge < -0.3 is 10.6 Å². The van der Waals surface area contributed by atoms with Crippen molar-refractivity contribution < 1.29 is 9.59 Å². The van der Waals surface area contributed by atoms with Crippen molar-refractivity contribution in [1.29, 1.82) is 0 Å². The van der Waals surface area contributed by atoms with E-state index in [4.69, 9.17) is 0 Å². The molecular formula is C41H30Br2N2O2. The van der Waals surface area contributed by atoms with E-state index >= 15 is 0 Å². The van der Waals surface area contributed by atoms with Gasteiger partial charge in [0.25, 0.3) is 11.8 Å². The molecule has 0 aromatic heterocycles. The third-order valence-corrected chi connectivity index (χ3v) is 10.7. The molecule has 0 fully saturated rings. The number of aryl methyl sites for hydroxylation is 2. The summed E-state index contributed by atoms with van der Waals surface area (Å²) in [4.78, 5) is 26.2. The molecule has 0 saturated carbocycles. The van der Waals surface area contributed by atoms with Gasteiger partial charge in [0, 0.05) is 31.4 Å². The molecule has 6 aromatic carbocycles. The molecule has 0 atom stereocenters. The second-order valence-corrected chi connectivity index (χ2v) is 13.5. The molecule has 6 heteroatoms. The fourth-order valence-electron chi connectivity index (χ4n) is 6.51. The van der Waals surface area contributed by atoms with Crippen LogP contribution >= 0.6 is 31.9 Å². The van der Waals surface area contributed by atoms with E-state index in [0.717, 1.165) is 31.2 Å². The van der Waals surface area contributed by atoms with E-state index in [1.807, 2.05) is 74.5 Å². The Morgan fingerprint density at radius 3 is 1.28 bits per heavy atom. The van der Waals surface area contributed by atoms with Gasteiger partial charge in [0.05, 0.1) is 5.41 Å². The average Bonchev–Trinajstić information content (AvgIpc) is 3.39. The Bertz CT molecular complexity index is 2020. The summed E-state index contributed by atoms with van der Waals surface area (Å²) < 4.78 is 1.80. The smallest absolute Gasteiger partial charge is 0.255 e. The van der Waals surface area contributed by atoms with Gasteiger partial charge in [0.2, 0.25) is 0 Å². The number of anilines is 2. The number of hydrogen-bond acceptors (Lipinski definition) is 2. The van der Waals surface area contributed by atoms with Crippen molar-refractivity contribution in [2.24, 2.45) is 0 Å². The van der Waals surface area contributed by atoms with Crippen molar-refractivity contribution in [3.8, 4) is 11.1 Å². The van der Waals surface area contributed by atoms with E-state index in [9.17, 15) is 9.59 Å². The Balaban J connectivity index is 1.27. The van der Waals surface area contributed by atoms with Gasteiger partial charge in [-0.15, -0.1) is 0 Å². The van der Waals surface area contributed by atoms with Crippen LogP contribution in [0, 0.1) is 13.8 Å². The first-order valence-electron chi connectivity index (χ1n) is 15.3. The van der Waals surface area contributed by atoms with Crippen molar-refractivity contribution in [2.75, 3.05) is 10.6 Å². The van der Waals surface area contributed by atoms with Crippen LogP contribution in [0.2, 0.25) is 0 Å². The summed E-state index contributed by atoms with van der Waals surface area (Å²) in [5, 5.41) is 6.11. The maximum Gasteiger partial charge on any atom is 0.255 e. The van der Waals surface area contributed by atoms with Crippen LogP contribution in [0.1, 0.15) is 54.1 Å². The van der Waals surface area contributed by atoms with Crippen molar-refractivity contribution in [1.82, 2.24) is 0 Å². The van der Waals surface area contributed by atoms with Gasteiger partial charge in [-0.25, -0.2) is 0 Å². The maximum atomic E-state index is 13.1. The summed E-state index contributed by atoms with van der Waals surface area (Å²) in [5.41, 5.74) is 11.0. The minimum absolute atomic E-state index is 0.166. The van der Waals surface area contributed by atoms with Crippen molar-refractivity contribution in [2.45, 2.75) is 19.3 Å². The fraction of sp³-hybridized carbons (Fsp3) is 0.0732. The van der Waals surface area contributed by atoms with Gasteiger partial charge in [0.1, 0.15) is 0 Å². The number of carbonyl (C=O) groups excluding carboxylic acids is 2. The van der Waals surface area contributed by atoms with E-state index in [-0.39, 0.29) is 11.8 Å². The van der Waals surface area contributed by atoms with E-state index in [0.29, 0.717) is 22.5 Å². The molecule has 2 N–H and O–H groups in total. The summed E-state index contributed by atoms with van der Waals surface area (Å²) in [5.74, 6) is -0.333. The SMILES string of the molecule is Cc1ccc(C(=O)Nc2ccc(C3(c4ccc(NC(=O)c5ccc(C)c(Br)c5)cc4)c4ccccc4-c4ccccc43)cc2)cc1Br. The largest absolute Gasteiger partial charge is 0.322 e. The summed E-state index contributed by atoms with van der Waals surface area (Å²) in [6.07, 6.45) is 0. The Morgan fingerprint density at radius 2 is 0.894 bits per heavy atom. The number of rotatable bonds is 6. The van der Waals surface area contributed by atoms with Gasteiger partial charge in [-0.1, -0.05) is 117 Å². The van der Waals surface area contributed by atoms with Crippen LogP contribution < -0.4 is 10.6 Å². The Hall–Kier alpha value is -4.78. The average molecular weight is 743 g/mol. The first-order valence-corrected chi connectivity index (χ1v) is 16.9. The minimum atomic E-state index is -0.609. The van der Waals surface area contributed by atoms with E-state index in [1.165, 1.54) is 22.3 Å². The van der Waals surface area contributed by atoms with Crippen molar-refractivity contribution in [3.63, 3.8) is 0 Å². The fourth-order valence-corrected chi connectivity index (χ4v) is 7.26. The molecule has 0 bridgehead atoms. The zero-order valence-electron chi connectivity index (χ0n) is 25.8. The van der Waals surface area contributed by atoms with E-state index in [2.05, 4.69) is 115 Å². The number of amides is 2. The number of benzene rings is 6. The molecule has 0 heterocycles. The van der Waals surface area contributed by atoms with Gasteiger partial charge in [-0.05, 0) is 107 Å². The molecule has 47 heavy (non-hydrogen) atoms. The zero-order valence-corrected chi connectivity index (χ0v) is 28.9. The van der Waals surface area contributed by atoms with Gasteiger partial charge in [-0.3, -0.25) is 9.59 Å². The lowest BCUT2D eigenvalue weighted by molar-refractivity contribution is 0.101. The highest BCUT2D eigenvalue weighted by atomic mass is 79.9. The number of nitrogens with one attached hydrogen (secondary N) is 2. The zero-order chi connectivity index (χ0) is 32.7.